The normalized spacial score (nSPS) is 15.1. The number of hydrogen-bond acceptors (Lipinski definition) is 8. The Hall–Kier alpha value is -1.79. The van der Waals surface area contributed by atoms with Gasteiger partial charge < -0.3 is 9.26 Å². The maximum atomic E-state index is 13.3. The molecule has 0 bridgehead atoms. The van der Waals surface area contributed by atoms with E-state index in [9.17, 15) is 18.9 Å². The van der Waals surface area contributed by atoms with Crippen molar-refractivity contribution in [3.8, 4) is 5.75 Å². The van der Waals surface area contributed by atoms with Gasteiger partial charge >= 0.3 is 13.9 Å². The number of rotatable bonds is 12. The van der Waals surface area contributed by atoms with Gasteiger partial charge in [-0.3, -0.25) is 18.6 Å². The van der Waals surface area contributed by atoms with E-state index in [4.69, 9.17) is 18.3 Å². The fraction of sp³-hybridized carbons (Fsp3) is 0.591. The molecule has 9 nitrogen and oxygen atoms in total. The zero-order valence-electron chi connectivity index (χ0n) is 20.9. The van der Waals surface area contributed by atoms with E-state index >= 15 is 0 Å². The van der Waals surface area contributed by atoms with Gasteiger partial charge in [-0.15, -0.1) is 0 Å². The molecule has 0 N–H and O–H groups in total. The van der Waals surface area contributed by atoms with Crippen molar-refractivity contribution in [2.75, 3.05) is 13.2 Å². The lowest BCUT2D eigenvalue weighted by Crippen LogP contribution is -2.35. The van der Waals surface area contributed by atoms with E-state index < -0.39 is 41.9 Å². The molecule has 0 radical (unpaired) electrons. The summed E-state index contributed by atoms with van der Waals surface area (Å²) in [7, 11) is -6.59. The van der Waals surface area contributed by atoms with Crippen LogP contribution < -0.4 is 4.52 Å². The van der Waals surface area contributed by atoms with Gasteiger partial charge in [0.1, 0.15) is 12.4 Å². The molecule has 2 rings (SSSR count). The fourth-order valence-corrected chi connectivity index (χ4v) is 5.74. The standard InChI is InChI=1S/C22H36NO8PSi2/c1-33(2,3)15-13-29-32(27,30-14-16-34(4,5)6)31-19-9-7-18(8-10-19)17-28-22(26)23-20(24)11-12-21(23)25/h7-10H,11-17H2,1-6H3. The second kappa shape index (κ2) is 11.8. The third-order valence-electron chi connectivity index (χ3n) is 4.94. The quantitative estimate of drug-likeness (QED) is 0.194. The molecule has 1 aliphatic heterocycles. The molecule has 12 heteroatoms. The molecular formula is C22H36NO8PSi2. The predicted octanol–water partition coefficient (Wildman–Crippen LogP) is 5.67. The number of imide groups is 3. The van der Waals surface area contributed by atoms with Crippen LogP contribution in [0.25, 0.3) is 0 Å². The minimum atomic E-state index is -3.81. The van der Waals surface area contributed by atoms with E-state index in [1.807, 2.05) is 0 Å². The summed E-state index contributed by atoms with van der Waals surface area (Å²) in [6.07, 6.45) is -0.955. The van der Waals surface area contributed by atoms with E-state index in [2.05, 4.69) is 39.3 Å². The average molecular weight is 530 g/mol. The summed E-state index contributed by atoms with van der Waals surface area (Å²) in [5.74, 6) is -0.820. The number of carbonyl (C=O) groups is 3. The van der Waals surface area contributed by atoms with Crippen molar-refractivity contribution in [3.05, 3.63) is 29.8 Å². The van der Waals surface area contributed by atoms with Crippen molar-refractivity contribution >= 4 is 41.9 Å². The molecule has 1 aliphatic rings. The van der Waals surface area contributed by atoms with Gasteiger partial charge in [0, 0.05) is 29.0 Å². The summed E-state index contributed by atoms with van der Waals surface area (Å²) < 4.78 is 35.3. The smallest absolute Gasteiger partial charge is 0.444 e. The van der Waals surface area contributed by atoms with Crippen LogP contribution in [0.2, 0.25) is 51.4 Å². The van der Waals surface area contributed by atoms with Crippen LogP contribution >= 0.6 is 7.82 Å². The van der Waals surface area contributed by atoms with Crippen LogP contribution in [-0.4, -0.2) is 52.2 Å². The number of likely N-dealkylation sites (tertiary alicyclic amines) is 1. The minimum absolute atomic E-state index is 0.0139. The lowest BCUT2D eigenvalue weighted by Gasteiger charge is -2.22. The Morgan fingerprint density at radius 2 is 1.35 bits per heavy atom. The van der Waals surface area contributed by atoms with Gasteiger partial charge in [0.15, 0.2) is 0 Å². The molecule has 0 aliphatic carbocycles. The van der Waals surface area contributed by atoms with E-state index in [-0.39, 0.29) is 19.4 Å². The highest BCUT2D eigenvalue weighted by molar-refractivity contribution is 7.48. The van der Waals surface area contributed by atoms with Crippen molar-refractivity contribution < 1.29 is 37.3 Å². The minimum Gasteiger partial charge on any atom is -0.444 e. The second-order valence-electron chi connectivity index (χ2n) is 10.6. The summed E-state index contributed by atoms with van der Waals surface area (Å²) in [4.78, 5) is 35.8. The Morgan fingerprint density at radius 3 is 1.79 bits per heavy atom. The first-order chi connectivity index (χ1) is 15.7. The van der Waals surface area contributed by atoms with E-state index in [1.165, 1.54) is 0 Å². The van der Waals surface area contributed by atoms with Crippen LogP contribution in [0.4, 0.5) is 4.79 Å². The summed E-state index contributed by atoms with van der Waals surface area (Å²) in [6, 6.07) is 8.06. The van der Waals surface area contributed by atoms with Crippen LogP contribution in [0.3, 0.4) is 0 Å². The molecule has 0 spiro atoms. The first kappa shape index (κ1) is 28.5. The molecule has 1 saturated heterocycles. The Balaban J connectivity index is 1.97. The molecule has 3 amide bonds. The number of amides is 3. The van der Waals surface area contributed by atoms with Crippen molar-refractivity contribution in [1.29, 1.82) is 0 Å². The summed E-state index contributed by atoms with van der Waals surface area (Å²) in [5, 5.41) is 0. The summed E-state index contributed by atoms with van der Waals surface area (Å²) >= 11 is 0. The number of hydrogen-bond donors (Lipinski definition) is 0. The zero-order valence-corrected chi connectivity index (χ0v) is 23.8. The van der Waals surface area contributed by atoms with Crippen LogP contribution in [0.5, 0.6) is 5.75 Å². The lowest BCUT2D eigenvalue weighted by atomic mass is 10.2. The Morgan fingerprint density at radius 1 is 0.882 bits per heavy atom. The number of ether oxygens (including phenoxy) is 1. The number of phosphoric acid groups is 1. The van der Waals surface area contributed by atoms with Crippen LogP contribution in [0.15, 0.2) is 24.3 Å². The SMILES string of the molecule is C[Si](C)(C)CCOP(=O)(OCC[Si](C)(C)C)Oc1ccc(COC(=O)N2C(=O)CCC2=O)cc1. The van der Waals surface area contributed by atoms with E-state index in [1.54, 1.807) is 24.3 Å². The molecule has 0 unspecified atom stereocenters. The van der Waals surface area contributed by atoms with Crippen molar-refractivity contribution in [3.63, 3.8) is 0 Å². The summed E-state index contributed by atoms with van der Waals surface area (Å²) in [6.45, 7) is 13.7. The Bertz CT molecular complexity index is 884. The van der Waals surface area contributed by atoms with Gasteiger partial charge in [-0.1, -0.05) is 51.4 Å². The molecular weight excluding hydrogens is 493 g/mol. The van der Waals surface area contributed by atoms with Gasteiger partial charge in [-0.2, -0.15) is 4.90 Å². The fourth-order valence-electron chi connectivity index (χ4n) is 2.78. The lowest BCUT2D eigenvalue weighted by molar-refractivity contribution is -0.136. The van der Waals surface area contributed by atoms with Gasteiger partial charge in [0.05, 0.1) is 13.2 Å². The van der Waals surface area contributed by atoms with Gasteiger partial charge in [-0.25, -0.2) is 9.36 Å². The molecule has 0 aromatic heterocycles. The molecule has 0 atom stereocenters. The van der Waals surface area contributed by atoms with Crippen molar-refractivity contribution in [2.24, 2.45) is 0 Å². The Labute approximate surface area is 203 Å². The first-order valence-electron chi connectivity index (χ1n) is 11.4. The average Bonchev–Trinajstić information content (AvgIpc) is 3.03. The molecule has 34 heavy (non-hydrogen) atoms. The molecule has 0 saturated carbocycles. The highest BCUT2D eigenvalue weighted by atomic mass is 31.2. The molecule has 190 valence electrons. The molecule has 1 heterocycles. The van der Waals surface area contributed by atoms with Gasteiger partial charge in [0.25, 0.3) is 0 Å². The first-order valence-corrected chi connectivity index (χ1v) is 20.3. The Kier molecular flexibility index (Phi) is 9.84. The third-order valence-corrected chi connectivity index (χ3v) is 9.78. The van der Waals surface area contributed by atoms with Crippen molar-refractivity contribution in [1.82, 2.24) is 4.90 Å². The number of carbonyl (C=O) groups excluding carboxylic acids is 3. The molecule has 1 fully saturated rings. The number of phosphoric ester groups is 1. The monoisotopic (exact) mass is 529 g/mol. The van der Waals surface area contributed by atoms with E-state index in [0.717, 1.165) is 12.1 Å². The van der Waals surface area contributed by atoms with Gasteiger partial charge in [0.2, 0.25) is 11.8 Å². The molecule has 1 aromatic carbocycles. The van der Waals surface area contributed by atoms with Crippen LogP contribution in [0, 0.1) is 0 Å². The summed E-state index contributed by atoms with van der Waals surface area (Å²) in [5.41, 5.74) is 0.605. The maximum Gasteiger partial charge on any atom is 0.530 e. The number of nitrogens with zero attached hydrogens (tertiary/aromatic N) is 1. The number of benzene rings is 1. The van der Waals surface area contributed by atoms with Gasteiger partial charge in [-0.05, 0) is 29.8 Å². The van der Waals surface area contributed by atoms with Crippen LogP contribution in [0.1, 0.15) is 18.4 Å². The van der Waals surface area contributed by atoms with E-state index in [0.29, 0.717) is 29.4 Å². The largest absolute Gasteiger partial charge is 0.530 e. The van der Waals surface area contributed by atoms with Crippen molar-refractivity contribution in [2.45, 2.75) is 70.8 Å². The molecule has 1 aromatic rings. The zero-order chi connectivity index (χ0) is 25.6. The van der Waals surface area contributed by atoms with Crippen LogP contribution in [-0.2, 0) is 34.5 Å². The second-order valence-corrected chi connectivity index (χ2v) is 23.5. The third kappa shape index (κ3) is 9.83. The maximum absolute atomic E-state index is 13.3. The topological polar surface area (TPSA) is 108 Å². The highest BCUT2D eigenvalue weighted by Gasteiger charge is 2.35. The highest BCUT2D eigenvalue weighted by Crippen LogP contribution is 2.50. The predicted molar refractivity (Wildman–Crippen MR) is 134 cm³/mol.